The Morgan fingerprint density at radius 1 is 1.00 bits per heavy atom. The SMILES string of the molecule is Cc1ccc(S(=O)(=O)NCCC(=O)Nc2ccc(Oc3ncccn3)cc2)cc1C. The maximum Gasteiger partial charge on any atom is 0.321 e. The van der Waals surface area contributed by atoms with Crippen LogP contribution < -0.4 is 14.8 Å². The highest BCUT2D eigenvalue weighted by atomic mass is 32.2. The number of hydrogen-bond donors (Lipinski definition) is 2. The Morgan fingerprint density at radius 3 is 2.37 bits per heavy atom. The summed E-state index contributed by atoms with van der Waals surface area (Å²) in [5.74, 6) is 0.221. The van der Waals surface area contributed by atoms with Crippen molar-refractivity contribution in [3.8, 4) is 11.8 Å². The maximum absolute atomic E-state index is 12.4. The van der Waals surface area contributed by atoms with Crippen molar-refractivity contribution >= 4 is 21.6 Å². The monoisotopic (exact) mass is 426 g/mol. The fourth-order valence-electron chi connectivity index (χ4n) is 2.54. The van der Waals surface area contributed by atoms with E-state index >= 15 is 0 Å². The second kappa shape index (κ2) is 9.47. The minimum atomic E-state index is -3.66. The first-order valence-electron chi connectivity index (χ1n) is 9.25. The third-order valence-electron chi connectivity index (χ3n) is 4.32. The lowest BCUT2D eigenvalue weighted by Crippen LogP contribution is -2.28. The number of rotatable bonds is 8. The number of carbonyl (C=O) groups is 1. The quantitative estimate of drug-likeness (QED) is 0.572. The molecule has 3 aromatic rings. The van der Waals surface area contributed by atoms with Crippen LogP contribution in [0.4, 0.5) is 5.69 Å². The van der Waals surface area contributed by atoms with E-state index in [1.54, 1.807) is 60.9 Å². The Kier molecular flexibility index (Phi) is 6.76. The predicted octanol–water partition coefficient (Wildman–Crippen LogP) is 3.19. The molecular formula is C21H22N4O4S. The molecule has 0 fully saturated rings. The Hall–Kier alpha value is -3.30. The minimum Gasteiger partial charge on any atom is -0.424 e. The highest BCUT2D eigenvalue weighted by molar-refractivity contribution is 7.89. The number of anilines is 1. The molecule has 2 N–H and O–H groups in total. The first kappa shape index (κ1) is 21.4. The number of nitrogens with zero attached hydrogens (tertiary/aromatic N) is 2. The molecule has 2 aromatic carbocycles. The minimum absolute atomic E-state index is 0.000179. The van der Waals surface area contributed by atoms with Crippen molar-refractivity contribution in [2.45, 2.75) is 25.2 Å². The molecule has 156 valence electrons. The number of ether oxygens (including phenoxy) is 1. The van der Waals surface area contributed by atoms with Gasteiger partial charge in [-0.15, -0.1) is 0 Å². The molecule has 30 heavy (non-hydrogen) atoms. The lowest BCUT2D eigenvalue weighted by molar-refractivity contribution is -0.116. The summed E-state index contributed by atoms with van der Waals surface area (Å²) in [6.07, 6.45) is 3.15. The molecule has 0 radical (unpaired) electrons. The van der Waals surface area contributed by atoms with E-state index in [4.69, 9.17) is 4.74 Å². The maximum atomic E-state index is 12.4. The first-order chi connectivity index (χ1) is 14.3. The smallest absolute Gasteiger partial charge is 0.321 e. The van der Waals surface area contributed by atoms with E-state index < -0.39 is 10.0 Å². The summed E-state index contributed by atoms with van der Waals surface area (Å²) in [6.45, 7) is 3.76. The molecule has 0 spiro atoms. The summed E-state index contributed by atoms with van der Waals surface area (Å²) in [7, 11) is -3.66. The van der Waals surface area contributed by atoms with Gasteiger partial charge in [0.05, 0.1) is 4.90 Å². The van der Waals surface area contributed by atoms with Crippen molar-refractivity contribution in [2.75, 3.05) is 11.9 Å². The molecule has 0 bridgehead atoms. The van der Waals surface area contributed by atoms with Crippen LogP contribution >= 0.6 is 0 Å². The topological polar surface area (TPSA) is 110 Å². The zero-order valence-corrected chi connectivity index (χ0v) is 17.4. The zero-order chi connectivity index (χ0) is 21.6. The summed E-state index contributed by atoms with van der Waals surface area (Å²) < 4.78 is 32.7. The average Bonchev–Trinajstić information content (AvgIpc) is 2.72. The number of benzene rings is 2. The van der Waals surface area contributed by atoms with Crippen LogP contribution in [-0.4, -0.2) is 30.8 Å². The lowest BCUT2D eigenvalue weighted by atomic mass is 10.1. The van der Waals surface area contributed by atoms with Crippen LogP contribution in [0, 0.1) is 13.8 Å². The molecule has 0 unspecified atom stereocenters. The molecule has 1 heterocycles. The van der Waals surface area contributed by atoms with Crippen LogP contribution in [0.25, 0.3) is 0 Å². The van der Waals surface area contributed by atoms with Gasteiger partial charge in [-0.3, -0.25) is 4.79 Å². The predicted molar refractivity (Wildman–Crippen MR) is 113 cm³/mol. The first-order valence-corrected chi connectivity index (χ1v) is 10.7. The fraction of sp³-hybridized carbons (Fsp3) is 0.190. The Balaban J connectivity index is 1.49. The van der Waals surface area contributed by atoms with E-state index in [0.29, 0.717) is 11.4 Å². The van der Waals surface area contributed by atoms with E-state index in [0.717, 1.165) is 11.1 Å². The summed E-state index contributed by atoms with van der Waals surface area (Å²) in [5.41, 5.74) is 2.47. The number of hydrogen-bond acceptors (Lipinski definition) is 6. The molecule has 0 aliphatic rings. The van der Waals surface area contributed by atoms with Crippen LogP contribution in [0.1, 0.15) is 17.5 Å². The van der Waals surface area contributed by atoms with Gasteiger partial charge in [-0.25, -0.2) is 23.1 Å². The number of aromatic nitrogens is 2. The third kappa shape index (κ3) is 5.85. The fourth-order valence-corrected chi connectivity index (χ4v) is 3.65. The molecule has 1 aromatic heterocycles. The van der Waals surface area contributed by atoms with Gasteiger partial charge in [-0.2, -0.15) is 0 Å². The highest BCUT2D eigenvalue weighted by Crippen LogP contribution is 2.20. The van der Waals surface area contributed by atoms with Crippen LogP contribution in [0.3, 0.4) is 0 Å². The van der Waals surface area contributed by atoms with Gasteiger partial charge in [0.1, 0.15) is 5.75 Å². The van der Waals surface area contributed by atoms with E-state index in [1.807, 2.05) is 13.8 Å². The molecule has 0 aliphatic carbocycles. The number of sulfonamides is 1. The number of nitrogens with one attached hydrogen (secondary N) is 2. The van der Waals surface area contributed by atoms with Crippen molar-refractivity contribution < 1.29 is 17.9 Å². The van der Waals surface area contributed by atoms with Gasteiger partial charge < -0.3 is 10.1 Å². The standard InChI is InChI=1S/C21H22N4O4S/c1-15-4-9-19(14-16(15)2)30(27,28)24-13-10-20(26)25-17-5-7-18(8-6-17)29-21-22-11-3-12-23-21/h3-9,11-12,14,24H,10,13H2,1-2H3,(H,25,26). The summed E-state index contributed by atoms with van der Waals surface area (Å²) in [6, 6.07) is 13.5. The highest BCUT2D eigenvalue weighted by Gasteiger charge is 2.15. The van der Waals surface area contributed by atoms with E-state index in [-0.39, 0.29) is 29.8 Å². The van der Waals surface area contributed by atoms with Gasteiger partial charge >= 0.3 is 6.01 Å². The molecule has 1 amide bonds. The zero-order valence-electron chi connectivity index (χ0n) is 16.6. The summed E-state index contributed by atoms with van der Waals surface area (Å²) in [5, 5.41) is 2.72. The van der Waals surface area contributed by atoms with E-state index in [1.165, 1.54) is 0 Å². The van der Waals surface area contributed by atoms with Crippen LogP contribution in [0.2, 0.25) is 0 Å². The average molecular weight is 426 g/mol. The van der Waals surface area contributed by atoms with E-state index in [9.17, 15) is 13.2 Å². The number of carbonyl (C=O) groups excluding carboxylic acids is 1. The van der Waals surface area contributed by atoms with Gasteiger partial charge in [0.2, 0.25) is 15.9 Å². The molecule has 0 saturated carbocycles. The van der Waals surface area contributed by atoms with Crippen molar-refractivity contribution in [1.82, 2.24) is 14.7 Å². The second-order valence-electron chi connectivity index (χ2n) is 6.60. The molecule has 0 saturated heterocycles. The second-order valence-corrected chi connectivity index (χ2v) is 8.37. The van der Waals surface area contributed by atoms with Gasteiger partial charge in [-0.1, -0.05) is 6.07 Å². The van der Waals surface area contributed by atoms with Crippen molar-refractivity contribution in [3.63, 3.8) is 0 Å². The molecule has 3 rings (SSSR count). The Bertz CT molecular complexity index is 1120. The van der Waals surface area contributed by atoms with Gasteiger partial charge in [0, 0.05) is 31.0 Å². The largest absolute Gasteiger partial charge is 0.424 e. The van der Waals surface area contributed by atoms with Gasteiger partial charge in [0.25, 0.3) is 0 Å². The molecule has 0 atom stereocenters. The molecule has 0 aliphatic heterocycles. The normalized spacial score (nSPS) is 11.1. The summed E-state index contributed by atoms with van der Waals surface area (Å²) in [4.78, 5) is 20.2. The lowest BCUT2D eigenvalue weighted by Gasteiger charge is -2.09. The van der Waals surface area contributed by atoms with Gasteiger partial charge in [0.15, 0.2) is 0 Å². The Labute approximate surface area is 175 Å². The van der Waals surface area contributed by atoms with Crippen molar-refractivity contribution in [3.05, 3.63) is 72.1 Å². The summed E-state index contributed by atoms with van der Waals surface area (Å²) >= 11 is 0. The van der Waals surface area contributed by atoms with Crippen molar-refractivity contribution in [2.24, 2.45) is 0 Å². The van der Waals surface area contributed by atoms with Crippen LogP contribution in [-0.2, 0) is 14.8 Å². The Morgan fingerprint density at radius 2 is 1.70 bits per heavy atom. The number of amides is 1. The molecule has 8 nitrogen and oxygen atoms in total. The van der Waals surface area contributed by atoms with Crippen LogP contribution in [0.15, 0.2) is 65.8 Å². The van der Waals surface area contributed by atoms with E-state index in [2.05, 4.69) is 20.0 Å². The molecular weight excluding hydrogens is 404 g/mol. The van der Waals surface area contributed by atoms with Gasteiger partial charge in [-0.05, 0) is 67.4 Å². The third-order valence-corrected chi connectivity index (χ3v) is 5.78. The molecule has 9 heteroatoms. The van der Waals surface area contributed by atoms with Crippen molar-refractivity contribution in [1.29, 1.82) is 0 Å². The number of aryl methyl sites for hydroxylation is 2. The van der Waals surface area contributed by atoms with Crippen LogP contribution in [0.5, 0.6) is 11.8 Å².